The number of benzene rings is 1. The molecule has 2 aromatic rings. The van der Waals surface area contributed by atoms with Crippen molar-refractivity contribution in [3.8, 4) is 0 Å². The molecule has 2 aliphatic heterocycles. The van der Waals surface area contributed by atoms with E-state index in [9.17, 15) is 18.4 Å². The van der Waals surface area contributed by atoms with Crippen LogP contribution in [0.3, 0.4) is 0 Å². The van der Waals surface area contributed by atoms with E-state index in [2.05, 4.69) is 15.3 Å². The molecular formula is C19H17F2N5O3. The first-order valence-electron chi connectivity index (χ1n) is 8.75. The van der Waals surface area contributed by atoms with Gasteiger partial charge in [0.15, 0.2) is 5.96 Å². The van der Waals surface area contributed by atoms with Crippen molar-refractivity contribution in [3.05, 3.63) is 59.4 Å². The van der Waals surface area contributed by atoms with E-state index >= 15 is 0 Å². The van der Waals surface area contributed by atoms with Gasteiger partial charge in [0.2, 0.25) is 5.91 Å². The molecule has 2 aliphatic rings. The van der Waals surface area contributed by atoms with Gasteiger partial charge in [0, 0.05) is 18.3 Å². The van der Waals surface area contributed by atoms with Gasteiger partial charge in [-0.1, -0.05) is 0 Å². The van der Waals surface area contributed by atoms with Crippen LogP contribution in [0.4, 0.5) is 14.5 Å². The van der Waals surface area contributed by atoms with E-state index in [1.807, 2.05) is 0 Å². The van der Waals surface area contributed by atoms with Crippen molar-refractivity contribution >= 4 is 23.5 Å². The maximum Gasteiger partial charge on any atom is 0.274 e. The number of halogens is 2. The van der Waals surface area contributed by atoms with Crippen molar-refractivity contribution < 1.29 is 23.1 Å². The van der Waals surface area contributed by atoms with Gasteiger partial charge in [-0.3, -0.25) is 14.5 Å². The van der Waals surface area contributed by atoms with Gasteiger partial charge in [-0.25, -0.2) is 18.8 Å². The van der Waals surface area contributed by atoms with Crippen LogP contribution in [-0.2, 0) is 15.1 Å². The van der Waals surface area contributed by atoms with Crippen LogP contribution in [-0.4, -0.2) is 47.9 Å². The average molecular weight is 401 g/mol. The monoisotopic (exact) mass is 401 g/mol. The van der Waals surface area contributed by atoms with Crippen LogP contribution >= 0.6 is 0 Å². The molecule has 2 unspecified atom stereocenters. The molecule has 3 heterocycles. The highest BCUT2D eigenvalue weighted by atomic mass is 19.1. The van der Waals surface area contributed by atoms with Gasteiger partial charge >= 0.3 is 0 Å². The summed E-state index contributed by atoms with van der Waals surface area (Å²) in [5.41, 5.74) is 4.91. The molecule has 1 saturated heterocycles. The highest BCUT2D eigenvalue weighted by molar-refractivity contribution is 6.03. The number of anilines is 1. The zero-order valence-electron chi connectivity index (χ0n) is 15.4. The largest absolute Gasteiger partial charge is 0.378 e. The van der Waals surface area contributed by atoms with Crippen LogP contribution in [0, 0.1) is 17.6 Å². The van der Waals surface area contributed by atoms with Crippen molar-refractivity contribution in [2.24, 2.45) is 16.6 Å². The van der Waals surface area contributed by atoms with Crippen LogP contribution < -0.4 is 11.1 Å². The van der Waals surface area contributed by atoms with Gasteiger partial charge in [0.05, 0.1) is 25.3 Å². The minimum atomic E-state index is -1.31. The van der Waals surface area contributed by atoms with E-state index in [1.54, 1.807) is 0 Å². The lowest BCUT2D eigenvalue weighted by Crippen LogP contribution is -2.54. The standard InChI is InChI=1S/C19H17F2N5O3/c1-26-17(28)13-8-29-9-19(13,25-18(26)22)12-6-11(3-4-14(12)21)24-16(27)15-5-2-10(20)7-23-15/h2-7,13H,8-9H2,1H3,(H2,22,25)(H,24,27). The van der Waals surface area contributed by atoms with Crippen molar-refractivity contribution in [2.75, 3.05) is 25.6 Å². The maximum absolute atomic E-state index is 14.8. The number of carbonyl (C=O) groups excluding carboxylic acids is 2. The predicted molar refractivity (Wildman–Crippen MR) is 98.9 cm³/mol. The van der Waals surface area contributed by atoms with Crippen molar-refractivity contribution in [2.45, 2.75) is 5.54 Å². The summed E-state index contributed by atoms with van der Waals surface area (Å²) >= 11 is 0. The Hall–Kier alpha value is -3.40. The Labute approximate surface area is 164 Å². The molecule has 1 aromatic carbocycles. The number of hydrogen-bond donors (Lipinski definition) is 2. The van der Waals surface area contributed by atoms with E-state index < -0.39 is 29.0 Å². The number of guanidine groups is 1. The first-order valence-corrected chi connectivity index (χ1v) is 8.75. The molecule has 0 spiro atoms. The molecule has 2 amide bonds. The van der Waals surface area contributed by atoms with Crippen LogP contribution in [0.15, 0.2) is 41.5 Å². The fourth-order valence-electron chi connectivity index (χ4n) is 3.55. The number of aromatic nitrogens is 1. The minimum absolute atomic E-state index is 0.00533. The molecular weight excluding hydrogens is 384 g/mol. The smallest absolute Gasteiger partial charge is 0.274 e. The first-order chi connectivity index (χ1) is 13.8. The van der Waals surface area contributed by atoms with Gasteiger partial charge in [-0.2, -0.15) is 0 Å². The highest BCUT2D eigenvalue weighted by Gasteiger charge is 2.54. The van der Waals surface area contributed by atoms with Gasteiger partial charge in [0.1, 0.15) is 22.9 Å². The summed E-state index contributed by atoms with van der Waals surface area (Å²) in [6.45, 7) is 0.0568. The van der Waals surface area contributed by atoms with E-state index in [1.165, 1.54) is 36.2 Å². The summed E-state index contributed by atoms with van der Waals surface area (Å²) in [4.78, 5) is 34.3. The summed E-state index contributed by atoms with van der Waals surface area (Å²) in [5, 5.41) is 2.59. The second-order valence-electron chi connectivity index (χ2n) is 6.87. The van der Waals surface area contributed by atoms with Crippen molar-refractivity contribution in [3.63, 3.8) is 0 Å². The van der Waals surface area contributed by atoms with E-state index in [4.69, 9.17) is 10.5 Å². The number of rotatable bonds is 3. The molecule has 150 valence electrons. The number of carbonyl (C=O) groups is 2. The Kier molecular flexibility index (Phi) is 4.50. The fourth-order valence-corrected chi connectivity index (χ4v) is 3.55. The molecule has 0 aliphatic carbocycles. The first kappa shape index (κ1) is 18.9. The van der Waals surface area contributed by atoms with Gasteiger partial charge in [0.25, 0.3) is 5.91 Å². The molecule has 29 heavy (non-hydrogen) atoms. The molecule has 2 atom stereocenters. The average Bonchev–Trinajstić information content (AvgIpc) is 3.13. The van der Waals surface area contributed by atoms with Gasteiger partial charge in [-0.05, 0) is 30.3 Å². The molecule has 1 fully saturated rings. The molecule has 0 bridgehead atoms. The molecule has 8 nitrogen and oxygen atoms in total. The normalized spacial score (nSPS) is 23.6. The Balaban J connectivity index is 1.71. The lowest BCUT2D eigenvalue weighted by atomic mass is 9.78. The lowest BCUT2D eigenvalue weighted by molar-refractivity contribution is -0.133. The summed E-state index contributed by atoms with van der Waals surface area (Å²) in [6.07, 6.45) is 0.923. The Morgan fingerprint density at radius 2 is 2.14 bits per heavy atom. The number of aliphatic imine (C=N–C) groups is 1. The van der Waals surface area contributed by atoms with Crippen LogP contribution in [0.2, 0.25) is 0 Å². The number of hydrogen-bond acceptors (Lipinski definition) is 6. The quantitative estimate of drug-likeness (QED) is 0.804. The topological polar surface area (TPSA) is 110 Å². The fraction of sp³-hybridized carbons (Fsp3) is 0.263. The third-order valence-electron chi connectivity index (χ3n) is 5.12. The molecule has 0 saturated carbocycles. The van der Waals surface area contributed by atoms with Gasteiger partial charge in [-0.15, -0.1) is 0 Å². The summed E-state index contributed by atoms with van der Waals surface area (Å²) in [6, 6.07) is 6.27. The number of nitrogens with zero attached hydrogens (tertiary/aromatic N) is 3. The summed E-state index contributed by atoms with van der Waals surface area (Å²) < 4.78 is 33.2. The lowest BCUT2D eigenvalue weighted by Gasteiger charge is -2.37. The number of amides is 2. The van der Waals surface area contributed by atoms with Crippen molar-refractivity contribution in [1.29, 1.82) is 0 Å². The van der Waals surface area contributed by atoms with E-state index in [0.29, 0.717) is 0 Å². The van der Waals surface area contributed by atoms with E-state index in [-0.39, 0.29) is 42.0 Å². The molecule has 10 heteroatoms. The van der Waals surface area contributed by atoms with Gasteiger partial charge < -0.3 is 15.8 Å². The Bertz CT molecular complexity index is 1030. The summed E-state index contributed by atoms with van der Waals surface area (Å²) in [7, 11) is 1.49. The van der Waals surface area contributed by atoms with E-state index in [0.717, 1.165) is 12.3 Å². The Morgan fingerprint density at radius 3 is 2.86 bits per heavy atom. The van der Waals surface area contributed by atoms with Crippen molar-refractivity contribution in [1.82, 2.24) is 9.88 Å². The Morgan fingerprint density at radius 1 is 1.34 bits per heavy atom. The predicted octanol–water partition coefficient (Wildman–Crippen LogP) is 1.24. The molecule has 1 aromatic heterocycles. The van der Waals surface area contributed by atoms with Crippen LogP contribution in [0.5, 0.6) is 0 Å². The number of ether oxygens (including phenoxy) is 1. The minimum Gasteiger partial charge on any atom is -0.378 e. The second kappa shape index (κ2) is 6.89. The van der Waals surface area contributed by atoms with Crippen LogP contribution in [0.1, 0.15) is 16.1 Å². The van der Waals surface area contributed by atoms with Crippen LogP contribution in [0.25, 0.3) is 0 Å². The number of pyridine rings is 1. The number of nitrogens with one attached hydrogen (secondary N) is 1. The zero-order chi connectivity index (χ0) is 20.8. The highest BCUT2D eigenvalue weighted by Crippen LogP contribution is 2.44. The summed E-state index contributed by atoms with van der Waals surface area (Å²) in [5.74, 6) is -2.87. The molecule has 4 rings (SSSR count). The number of fused-ring (bicyclic) bond motifs is 1. The SMILES string of the molecule is CN1C(=O)C2COCC2(c2cc(NC(=O)c3ccc(F)cn3)ccc2F)N=C1N. The third kappa shape index (κ3) is 3.11. The third-order valence-corrected chi connectivity index (χ3v) is 5.12. The second-order valence-corrected chi connectivity index (χ2v) is 6.87. The molecule has 0 radical (unpaired) electrons. The zero-order valence-corrected chi connectivity index (χ0v) is 15.4. The molecule has 3 N–H and O–H groups in total. The maximum atomic E-state index is 14.8. The number of nitrogens with two attached hydrogens (primary N) is 1.